The quantitative estimate of drug-likeness (QED) is 0.872. The molecule has 23 heavy (non-hydrogen) atoms. The molecule has 2 bridgehead atoms. The molecule has 6 heteroatoms. The Balaban J connectivity index is 1.45. The van der Waals surface area contributed by atoms with E-state index in [0.717, 1.165) is 34.4 Å². The first-order valence-corrected chi connectivity index (χ1v) is 9.03. The molecule has 0 radical (unpaired) electrons. The molecule has 1 amide bonds. The molecule has 5 nitrogen and oxygen atoms in total. The summed E-state index contributed by atoms with van der Waals surface area (Å²) in [7, 11) is 0. The number of nitrogens with two attached hydrogens (primary N) is 1. The standard InChI is InChI=1S/C17H19N3O2S/c1-8-4-9(5-14-15(8)19-17(18)23-14)16(21)20-6-10-11(7-20)13-3-2-12(10)22-13/h4-5,10-13H,2-3,6-7H2,1H3,(H2,18,19)/t10-,11+,12+,13-. The zero-order valence-electron chi connectivity index (χ0n) is 13.0. The lowest BCUT2D eigenvalue weighted by atomic mass is 9.82. The zero-order chi connectivity index (χ0) is 15.7. The number of nitrogens with zero attached hydrogens (tertiary/aromatic N) is 2. The molecule has 2 N–H and O–H groups in total. The van der Waals surface area contributed by atoms with Gasteiger partial charge in [0, 0.05) is 30.5 Å². The fourth-order valence-electron chi connectivity index (χ4n) is 4.65. The van der Waals surface area contributed by atoms with Crippen molar-refractivity contribution in [1.29, 1.82) is 0 Å². The number of anilines is 1. The van der Waals surface area contributed by atoms with Gasteiger partial charge in [-0.05, 0) is 37.5 Å². The van der Waals surface area contributed by atoms with Gasteiger partial charge in [0.15, 0.2) is 5.13 Å². The summed E-state index contributed by atoms with van der Waals surface area (Å²) in [5.41, 5.74) is 8.49. The monoisotopic (exact) mass is 329 g/mol. The van der Waals surface area contributed by atoms with Crippen LogP contribution in [0.15, 0.2) is 12.1 Å². The highest BCUT2D eigenvalue weighted by Crippen LogP contribution is 2.47. The third-order valence-electron chi connectivity index (χ3n) is 5.69. The minimum absolute atomic E-state index is 0.135. The van der Waals surface area contributed by atoms with Crippen LogP contribution in [-0.4, -0.2) is 41.1 Å². The second-order valence-electron chi connectivity index (χ2n) is 7.02. The van der Waals surface area contributed by atoms with Crippen LogP contribution in [0.3, 0.4) is 0 Å². The van der Waals surface area contributed by atoms with Gasteiger partial charge in [-0.3, -0.25) is 4.79 Å². The third kappa shape index (κ3) is 1.94. The van der Waals surface area contributed by atoms with Crippen LogP contribution >= 0.6 is 11.3 Å². The Morgan fingerprint density at radius 1 is 1.30 bits per heavy atom. The molecule has 0 spiro atoms. The number of hydrogen-bond donors (Lipinski definition) is 1. The number of aryl methyl sites for hydroxylation is 1. The lowest BCUT2D eigenvalue weighted by molar-refractivity contribution is 0.0594. The van der Waals surface area contributed by atoms with E-state index >= 15 is 0 Å². The molecule has 120 valence electrons. The minimum Gasteiger partial charge on any atom is -0.375 e. The van der Waals surface area contributed by atoms with E-state index in [1.54, 1.807) is 0 Å². The largest absolute Gasteiger partial charge is 0.375 e. The van der Waals surface area contributed by atoms with Crippen molar-refractivity contribution >= 4 is 32.6 Å². The molecule has 0 saturated carbocycles. The number of hydrogen-bond acceptors (Lipinski definition) is 5. The Morgan fingerprint density at radius 2 is 2.00 bits per heavy atom. The van der Waals surface area contributed by atoms with E-state index in [9.17, 15) is 4.79 Å². The molecule has 3 aliphatic rings. The van der Waals surface area contributed by atoms with E-state index in [1.807, 2.05) is 24.0 Å². The Labute approximate surface area is 138 Å². The molecule has 4 heterocycles. The van der Waals surface area contributed by atoms with Crippen molar-refractivity contribution in [1.82, 2.24) is 9.88 Å². The number of rotatable bonds is 1. The molecule has 3 aliphatic heterocycles. The van der Waals surface area contributed by atoms with Crippen molar-refractivity contribution in [2.75, 3.05) is 18.8 Å². The van der Waals surface area contributed by atoms with Gasteiger partial charge >= 0.3 is 0 Å². The van der Waals surface area contributed by atoms with Gasteiger partial charge in [0.1, 0.15) is 0 Å². The molecule has 0 unspecified atom stereocenters. The smallest absolute Gasteiger partial charge is 0.253 e. The second kappa shape index (κ2) is 4.68. The maximum absolute atomic E-state index is 13.0. The van der Waals surface area contributed by atoms with Gasteiger partial charge in [-0.15, -0.1) is 0 Å². The highest BCUT2D eigenvalue weighted by atomic mass is 32.1. The Morgan fingerprint density at radius 3 is 2.70 bits per heavy atom. The molecule has 5 rings (SSSR count). The van der Waals surface area contributed by atoms with E-state index in [1.165, 1.54) is 24.2 Å². The SMILES string of the molecule is Cc1cc(C(=O)N2C[C@@H]3[C@H](C2)[C@H]2CC[C@@H]3O2)cc2sc(N)nc12. The molecule has 4 atom stereocenters. The van der Waals surface area contributed by atoms with E-state index in [4.69, 9.17) is 10.5 Å². The molecule has 0 aliphatic carbocycles. The van der Waals surface area contributed by atoms with Crippen LogP contribution in [-0.2, 0) is 4.74 Å². The molecule has 1 aromatic carbocycles. The molecular weight excluding hydrogens is 310 g/mol. The number of carbonyl (C=O) groups excluding carboxylic acids is 1. The fraction of sp³-hybridized carbons (Fsp3) is 0.529. The first kappa shape index (κ1) is 13.7. The van der Waals surface area contributed by atoms with Crippen LogP contribution in [0.2, 0.25) is 0 Å². The molecule has 3 fully saturated rings. The van der Waals surface area contributed by atoms with Crippen molar-refractivity contribution in [2.45, 2.75) is 32.0 Å². The Bertz CT molecular complexity index is 800. The number of benzene rings is 1. The van der Waals surface area contributed by atoms with Crippen LogP contribution in [0.1, 0.15) is 28.8 Å². The summed E-state index contributed by atoms with van der Waals surface area (Å²) in [4.78, 5) is 19.3. The van der Waals surface area contributed by atoms with Crippen LogP contribution in [0.25, 0.3) is 10.2 Å². The van der Waals surface area contributed by atoms with E-state index in [0.29, 0.717) is 29.2 Å². The number of amides is 1. The van der Waals surface area contributed by atoms with Crippen molar-refractivity contribution in [3.05, 3.63) is 23.3 Å². The van der Waals surface area contributed by atoms with E-state index in [-0.39, 0.29) is 5.91 Å². The maximum Gasteiger partial charge on any atom is 0.253 e. The average Bonchev–Trinajstić information content (AvgIpc) is 3.26. The summed E-state index contributed by atoms with van der Waals surface area (Å²) >= 11 is 1.44. The van der Waals surface area contributed by atoms with Crippen molar-refractivity contribution < 1.29 is 9.53 Å². The number of nitrogen functional groups attached to an aromatic ring is 1. The first-order chi connectivity index (χ1) is 11.1. The number of ether oxygens (including phenoxy) is 1. The van der Waals surface area contributed by atoms with Gasteiger partial charge < -0.3 is 15.4 Å². The van der Waals surface area contributed by atoms with Gasteiger partial charge in [-0.2, -0.15) is 0 Å². The summed E-state index contributed by atoms with van der Waals surface area (Å²) in [5, 5.41) is 0.553. The van der Waals surface area contributed by atoms with Gasteiger partial charge in [0.25, 0.3) is 5.91 Å². The number of fused-ring (bicyclic) bond motifs is 6. The van der Waals surface area contributed by atoms with Crippen molar-refractivity contribution in [3.63, 3.8) is 0 Å². The minimum atomic E-state index is 0.135. The summed E-state index contributed by atoms with van der Waals surface area (Å²) in [6, 6.07) is 3.89. The number of carbonyl (C=O) groups is 1. The molecule has 1 aromatic heterocycles. The van der Waals surface area contributed by atoms with Crippen LogP contribution in [0.4, 0.5) is 5.13 Å². The highest BCUT2D eigenvalue weighted by Gasteiger charge is 2.53. The van der Waals surface area contributed by atoms with Crippen molar-refractivity contribution in [2.24, 2.45) is 11.8 Å². The number of thiazole rings is 1. The summed E-state index contributed by atoms with van der Waals surface area (Å²) in [5.74, 6) is 1.22. The highest BCUT2D eigenvalue weighted by molar-refractivity contribution is 7.22. The van der Waals surface area contributed by atoms with Gasteiger partial charge in [0.2, 0.25) is 0 Å². The van der Waals surface area contributed by atoms with Crippen LogP contribution in [0.5, 0.6) is 0 Å². The average molecular weight is 329 g/mol. The topological polar surface area (TPSA) is 68.5 Å². The molecule has 3 saturated heterocycles. The van der Waals surface area contributed by atoms with Crippen molar-refractivity contribution in [3.8, 4) is 0 Å². The Hall–Kier alpha value is -1.66. The van der Waals surface area contributed by atoms with Gasteiger partial charge in [-0.1, -0.05) is 11.3 Å². The fourth-order valence-corrected chi connectivity index (χ4v) is 5.50. The lowest BCUT2D eigenvalue weighted by Crippen LogP contribution is -2.31. The van der Waals surface area contributed by atoms with E-state index < -0.39 is 0 Å². The predicted octanol–water partition coefficient (Wildman–Crippen LogP) is 2.44. The van der Waals surface area contributed by atoms with Gasteiger partial charge in [-0.25, -0.2) is 4.98 Å². The molecule has 2 aromatic rings. The number of likely N-dealkylation sites (tertiary alicyclic amines) is 1. The third-order valence-corrected chi connectivity index (χ3v) is 6.52. The normalized spacial score (nSPS) is 32.0. The number of aromatic nitrogens is 1. The second-order valence-corrected chi connectivity index (χ2v) is 8.08. The summed E-state index contributed by atoms with van der Waals surface area (Å²) < 4.78 is 6.99. The zero-order valence-corrected chi connectivity index (χ0v) is 13.8. The summed E-state index contributed by atoms with van der Waals surface area (Å²) in [6.45, 7) is 3.67. The summed E-state index contributed by atoms with van der Waals surface area (Å²) in [6.07, 6.45) is 3.10. The predicted molar refractivity (Wildman–Crippen MR) is 89.5 cm³/mol. The Kier molecular flexibility index (Phi) is 2.79. The maximum atomic E-state index is 13.0. The van der Waals surface area contributed by atoms with Crippen LogP contribution in [0, 0.1) is 18.8 Å². The van der Waals surface area contributed by atoms with Gasteiger partial charge in [0.05, 0.1) is 22.4 Å². The van der Waals surface area contributed by atoms with E-state index in [2.05, 4.69) is 4.98 Å². The lowest BCUT2D eigenvalue weighted by Gasteiger charge is -2.19. The molecular formula is C17H19N3O2S. The first-order valence-electron chi connectivity index (χ1n) is 8.21. The van der Waals surface area contributed by atoms with Crippen LogP contribution < -0.4 is 5.73 Å².